The van der Waals surface area contributed by atoms with Crippen molar-refractivity contribution in [1.82, 2.24) is 0 Å². The van der Waals surface area contributed by atoms with Gasteiger partial charge in [-0.2, -0.15) is 0 Å². The minimum Gasteiger partial charge on any atom is -0.508 e. The van der Waals surface area contributed by atoms with Gasteiger partial charge < -0.3 is 31.5 Å². The van der Waals surface area contributed by atoms with Gasteiger partial charge in [-0.25, -0.2) is 0 Å². The summed E-state index contributed by atoms with van der Waals surface area (Å²) >= 11 is 0. The van der Waals surface area contributed by atoms with E-state index in [1.54, 1.807) is 13.1 Å². The number of aliphatic hydroxyl groups excluding tert-OH is 2. The number of benzene rings is 2. The van der Waals surface area contributed by atoms with Crippen LogP contribution in [0.25, 0.3) is 0 Å². The number of phenolic OH excluding ortho intramolecular Hbond substituents is 2. The zero-order chi connectivity index (χ0) is 15.3. The summed E-state index contributed by atoms with van der Waals surface area (Å²) in [6.07, 6.45) is -2.42. The van der Waals surface area contributed by atoms with Crippen molar-refractivity contribution >= 4 is 11.4 Å². The summed E-state index contributed by atoms with van der Waals surface area (Å²) in [4.78, 5) is 0. The summed E-state index contributed by atoms with van der Waals surface area (Å²) in [6.45, 7) is 0. The van der Waals surface area contributed by atoms with Gasteiger partial charge in [-0.15, -0.1) is 0 Å². The van der Waals surface area contributed by atoms with Gasteiger partial charge in [0.05, 0.1) is 0 Å². The van der Waals surface area contributed by atoms with Crippen molar-refractivity contribution in [2.24, 2.45) is 0 Å². The van der Waals surface area contributed by atoms with Crippen LogP contribution < -0.4 is 11.1 Å². The van der Waals surface area contributed by atoms with Gasteiger partial charge in [0, 0.05) is 40.7 Å². The fraction of sp³-hybridized carbons (Fsp3) is 0.200. The third-order valence-corrected chi connectivity index (χ3v) is 3.93. The second-order valence-corrected chi connectivity index (χ2v) is 5.02. The second kappa shape index (κ2) is 4.54. The molecule has 0 bridgehead atoms. The molecular formula is C15H16N2O4. The summed E-state index contributed by atoms with van der Waals surface area (Å²) < 4.78 is 0. The zero-order valence-corrected chi connectivity index (χ0v) is 11.3. The van der Waals surface area contributed by atoms with Crippen LogP contribution in [0.15, 0.2) is 24.3 Å². The van der Waals surface area contributed by atoms with Gasteiger partial charge in [-0.3, -0.25) is 0 Å². The molecule has 110 valence electrons. The monoisotopic (exact) mass is 288 g/mol. The molecule has 2 atom stereocenters. The lowest BCUT2D eigenvalue weighted by Crippen LogP contribution is -2.21. The van der Waals surface area contributed by atoms with E-state index in [1.165, 1.54) is 18.2 Å². The first-order valence-electron chi connectivity index (χ1n) is 6.48. The van der Waals surface area contributed by atoms with Crippen LogP contribution in [0.4, 0.5) is 11.4 Å². The normalized spacial score (nSPS) is 19.8. The molecule has 0 aromatic heterocycles. The summed E-state index contributed by atoms with van der Waals surface area (Å²) in [6, 6.07) is 5.86. The summed E-state index contributed by atoms with van der Waals surface area (Å²) in [5, 5.41) is 44.1. The number of rotatable bonds is 1. The van der Waals surface area contributed by atoms with Gasteiger partial charge in [0.1, 0.15) is 23.7 Å². The molecule has 2 aromatic rings. The Morgan fingerprint density at radius 1 is 0.857 bits per heavy atom. The van der Waals surface area contributed by atoms with Crippen LogP contribution in [0.5, 0.6) is 11.5 Å². The van der Waals surface area contributed by atoms with Crippen LogP contribution in [-0.4, -0.2) is 27.5 Å². The van der Waals surface area contributed by atoms with E-state index in [2.05, 4.69) is 5.32 Å². The topological polar surface area (TPSA) is 119 Å². The Hall–Kier alpha value is -2.44. The lowest BCUT2D eigenvalue weighted by molar-refractivity contribution is 0.168. The molecule has 2 aromatic carbocycles. The molecule has 6 nitrogen and oxygen atoms in total. The Balaban J connectivity index is 2.38. The van der Waals surface area contributed by atoms with Crippen molar-refractivity contribution in [1.29, 1.82) is 0 Å². The molecule has 3 rings (SSSR count). The number of hydrogen-bond donors (Lipinski definition) is 6. The quantitative estimate of drug-likeness (QED) is 0.346. The number of anilines is 2. The molecule has 1 aliphatic carbocycles. The van der Waals surface area contributed by atoms with Crippen LogP contribution >= 0.6 is 0 Å². The molecule has 0 amide bonds. The zero-order valence-electron chi connectivity index (χ0n) is 11.3. The first-order chi connectivity index (χ1) is 9.97. The minimum absolute atomic E-state index is 0.135. The number of aliphatic hydroxyl groups is 2. The van der Waals surface area contributed by atoms with E-state index >= 15 is 0 Å². The third-order valence-electron chi connectivity index (χ3n) is 3.93. The second-order valence-electron chi connectivity index (χ2n) is 5.02. The lowest BCUT2D eigenvalue weighted by atomic mass is 9.79. The first-order valence-corrected chi connectivity index (χ1v) is 6.48. The number of nitrogens with two attached hydrogens (primary N) is 1. The van der Waals surface area contributed by atoms with Crippen molar-refractivity contribution < 1.29 is 20.4 Å². The highest BCUT2D eigenvalue weighted by Crippen LogP contribution is 2.51. The number of nitrogen functional groups attached to an aromatic ring is 1. The molecular weight excluding hydrogens is 272 g/mol. The van der Waals surface area contributed by atoms with Crippen LogP contribution in [0, 0.1) is 0 Å². The maximum atomic E-state index is 10.6. The average Bonchev–Trinajstić information content (AvgIpc) is 2.46. The van der Waals surface area contributed by atoms with E-state index in [0.29, 0.717) is 11.3 Å². The molecule has 0 aliphatic heterocycles. The SMILES string of the molecule is CNc1ccc(O)c2c1C(O)c1c(O)ccc(N)c1C2O. The third kappa shape index (κ3) is 1.73. The predicted molar refractivity (Wildman–Crippen MR) is 78.3 cm³/mol. The highest BCUT2D eigenvalue weighted by Gasteiger charge is 2.37. The van der Waals surface area contributed by atoms with Crippen LogP contribution in [0.3, 0.4) is 0 Å². The lowest BCUT2D eigenvalue weighted by Gasteiger charge is -2.32. The Morgan fingerprint density at radius 2 is 1.38 bits per heavy atom. The van der Waals surface area contributed by atoms with E-state index in [-0.39, 0.29) is 33.9 Å². The molecule has 0 fully saturated rings. The van der Waals surface area contributed by atoms with E-state index < -0.39 is 12.2 Å². The van der Waals surface area contributed by atoms with Crippen molar-refractivity contribution in [3.05, 3.63) is 46.5 Å². The maximum Gasteiger partial charge on any atom is 0.122 e. The van der Waals surface area contributed by atoms with Crippen molar-refractivity contribution in [3.8, 4) is 11.5 Å². The van der Waals surface area contributed by atoms with Crippen LogP contribution in [0.2, 0.25) is 0 Å². The van der Waals surface area contributed by atoms with Crippen molar-refractivity contribution in [3.63, 3.8) is 0 Å². The highest BCUT2D eigenvalue weighted by molar-refractivity contribution is 5.71. The Morgan fingerprint density at radius 3 is 2.00 bits per heavy atom. The van der Waals surface area contributed by atoms with E-state index in [1.807, 2.05) is 0 Å². The summed E-state index contributed by atoms with van der Waals surface area (Å²) in [7, 11) is 1.67. The Kier molecular flexibility index (Phi) is 2.93. The molecule has 21 heavy (non-hydrogen) atoms. The van der Waals surface area contributed by atoms with Crippen LogP contribution in [0.1, 0.15) is 34.5 Å². The van der Waals surface area contributed by atoms with E-state index in [9.17, 15) is 20.4 Å². The molecule has 0 saturated carbocycles. The summed E-state index contributed by atoms with van der Waals surface area (Å²) in [5.74, 6) is -0.286. The van der Waals surface area contributed by atoms with Crippen molar-refractivity contribution in [2.45, 2.75) is 12.2 Å². The van der Waals surface area contributed by atoms with Gasteiger partial charge >= 0.3 is 0 Å². The molecule has 0 saturated heterocycles. The number of hydrogen-bond acceptors (Lipinski definition) is 6. The molecule has 0 spiro atoms. The molecule has 2 unspecified atom stereocenters. The molecule has 7 N–H and O–H groups in total. The van der Waals surface area contributed by atoms with Gasteiger partial charge in [-0.05, 0) is 24.3 Å². The number of aromatic hydroxyl groups is 2. The standard InChI is InChI=1S/C15H16N2O4/c1-17-7-3-5-9(19)13-11(7)15(21)12-8(18)4-2-6(16)10(12)14(13)20/h2-5,14-15,17-21H,16H2,1H3. The number of phenols is 2. The fourth-order valence-electron chi connectivity index (χ4n) is 2.95. The maximum absolute atomic E-state index is 10.6. The molecule has 0 radical (unpaired) electrons. The Bertz CT molecular complexity index is 730. The summed E-state index contributed by atoms with van der Waals surface area (Å²) in [5.41, 5.74) is 7.57. The van der Waals surface area contributed by atoms with Gasteiger partial charge in [0.25, 0.3) is 0 Å². The number of fused-ring (bicyclic) bond motifs is 2. The minimum atomic E-state index is -1.22. The van der Waals surface area contributed by atoms with Crippen molar-refractivity contribution in [2.75, 3.05) is 18.1 Å². The van der Waals surface area contributed by atoms with Gasteiger partial charge in [0.15, 0.2) is 0 Å². The van der Waals surface area contributed by atoms with Crippen LogP contribution in [-0.2, 0) is 0 Å². The average molecular weight is 288 g/mol. The fourth-order valence-corrected chi connectivity index (χ4v) is 2.95. The highest BCUT2D eigenvalue weighted by atomic mass is 16.3. The predicted octanol–water partition coefficient (Wildman–Crippen LogP) is 1.20. The van der Waals surface area contributed by atoms with Gasteiger partial charge in [0.2, 0.25) is 0 Å². The smallest absolute Gasteiger partial charge is 0.122 e. The van der Waals surface area contributed by atoms with E-state index in [0.717, 1.165) is 0 Å². The molecule has 0 heterocycles. The first kappa shape index (κ1) is 13.5. The molecule has 6 heteroatoms. The van der Waals surface area contributed by atoms with Gasteiger partial charge in [-0.1, -0.05) is 0 Å². The molecule has 1 aliphatic rings. The largest absolute Gasteiger partial charge is 0.508 e. The Labute approximate surface area is 121 Å². The number of nitrogens with one attached hydrogen (secondary N) is 1. The van der Waals surface area contributed by atoms with E-state index in [4.69, 9.17) is 5.73 Å².